The number of nitrogens with zero attached hydrogens (tertiary/aromatic N) is 7. The quantitative estimate of drug-likeness (QED) is 0.197. The van der Waals surface area contributed by atoms with E-state index in [1.165, 1.54) is 42.0 Å². The molecule has 1 aliphatic carbocycles. The summed E-state index contributed by atoms with van der Waals surface area (Å²) in [6.07, 6.45) is 5.63. The Morgan fingerprint density at radius 3 is 2.78 bits per heavy atom. The minimum atomic E-state index is -0.751. The van der Waals surface area contributed by atoms with Crippen LogP contribution in [0.4, 0.5) is 10.2 Å². The second-order valence-electron chi connectivity index (χ2n) is 9.29. The number of nitro groups is 1. The largest absolute Gasteiger partial charge is 0.478 e. The number of aryl methyl sites for hydroxylation is 2. The summed E-state index contributed by atoms with van der Waals surface area (Å²) < 4.78 is 22.9. The third kappa shape index (κ3) is 5.53. The lowest BCUT2D eigenvalue weighted by Gasteiger charge is -2.18. The van der Waals surface area contributed by atoms with Crippen molar-refractivity contribution in [2.75, 3.05) is 0 Å². The summed E-state index contributed by atoms with van der Waals surface area (Å²) in [5.41, 5.74) is 4.40. The number of benzene rings is 1. The van der Waals surface area contributed by atoms with Crippen molar-refractivity contribution in [1.82, 2.24) is 29.8 Å². The van der Waals surface area contributed by atoms with Crippen molar-refractivity contribution >= 4 is 21.7 Å². The molecule has 0 N–H and O–H groups in total. The van der Waals surface area contributed by atoms with E-state index in [-0.39, 0.29) is 5.75 Å². The monoisotopic (exact) mass is 569 g/mol. The van der Waals surface area contributed by atoms with E-state index in [0.717, 1.165) is 17.8 Å². The molecule has 10 nitrogen and oxygen atoms in total. The maximum atomic E-state index is 14.4. The van der Waals surface area contributed by atoms with Crippen molar-refractivity contribution in [2.45, 2.75) is 45.8 Å². The van der Waals surface area contributed by atoms with E-state index in [1.807, 2.05) is 11.6 Å². The van der Waals surface area contributed by atoms with E-state index >= 15 is 0 Å². The Bertz CT molecular complexity index is 1480. The van der Waals surface area contributed by atoms with Gasteiger partial charge in [0.05, 0.1) is 15.9 Å². The van der Waals surface area contributed by atoms with Gasteiger partial charge in [0.2, 0.25) is 5.75 Å². The Kier molecular flexibility index (Phi) is 6.76. The van der Waals surface area contributed by atoms with Crippen LogP contribution in [-0.2, 0) is 20.0 Å². The summed E-state index contributed by atoms with van der Waals surface area (Å²) in [5.74, 6) is -0.204. The predicted molar refractivity (Wildman–Crippen MR) is 137 cm³/mol. The first kappa shape index (κ1) is 25.0. The molecule has 0 saturated heterocycles. The molecule has 192 valence electrons. The smallest absolute Gasteiger partial charge is 0.406 e. The second-order valence-corrected chi connectivity index (χ2v) is 10.2. The zero-order valence-electron chi connectivity index (χ0n) is 20.6. The van der Waals surface area contributed by atoms with Crippen LogP contribution >= 0.6 is 15.9 Å². The van der Waals surface area contributed by atoms with Crippen LogP contribution in [0.5, 0.6) is 5.75 Å². The molecule has 1 aliphatic rings. The summed E-state index contributed by atoms with van der Waals surface area (Å²) in [6.45, 7) is 4.60. The van der Waals surface area contributed by atoms with Crippen molar-refractivity contribution in [1.29, 1.82) is 0 Å². The summed E-state index contributed by atoms with van der Waals surface area (Å²) in [5, 5.41) is 25.3. The van der Waals surface area contributed by atoms with Gasteiger partial charge in [-0.25, -0.2) is 4.39 Å². The highest BCUT2D eigenvalue weighted by Crippen LogP contribution is 2.36. The summed E-state index contributed by atoms with van der Waals surface area (Å²) in [7, 11) is 1.73. The Morgan fingerprint density at radius 1 is 1.27 bits per heavy atom. The van der Waals surface area contributed by atoms with Gasteiger partial charge in [-0.2, -0.15) is 20.1 Å². The molecule has 0 unspecified atom stereocenters. The lowest BCUT2D eigenvalue weighted by atomic mass is 9.97. The van der Waals surface area contributed by atoms with Gasteiger partial charge in [-0.05, 0) is 82.2 Å². The minimum absolute atomic E-state index is 0.0276. The van der Waals surface area contributed by atoms with Gasteiger partial charge in [0, 0.05) is 43.4 Å². The Balaban J connectivity index is 1.49. The molecule has 0 bridgehead atoms. The molecule has 1 saturated carbocycles. The summed E-state index contributed by atoms with van der Waals surface area (Å²) >= 11 is 3.27. The fraction of sp³-hybridized carbons (Fsp3) is 0.360. The maximum Gasteiger partial charge on any atom is 0.406 e. The van der Waals surface area contributed by atoms with Gasteiger partial charge in [0.25, 0.3) is 0 Å². The van der Waals surface area contributed by atoms with Crippen molar-refractivity contribution in [2.24, 2.45) is 13.0 Å². The summed E-state index contributed by atoms with van der Waals surface area (Å²) in [6, 6.07) is 5.81. The van der Waals surface area contributed by atoms with E-state index in [2.05, 4.69) is 42.4 Å². The van der Waals surface area contributed by atoms with Crippen LogP contribution in [0.1, 0.15) is 48.4 Å². The van der Waals surface area contributed by atoms with Crippen LogP contribution in [0.3, 0.4) is 0 Å². The van der Waals surface area contributed by atoms with E-state index in [1.54, 1.807) is 20.0 Å². The average Bonchev–Trinajstić information content (AvgIpc) is 3.48. The average molecular weight is 570 g/mol. The Hall–Kier alpha value is -3.67. The molecule has 37 heavy (non-hydrogen) atoms. The number of aromatic nitrogens is 6. The van der Waals surface area contributed by atoms with Gasteiger partial charge < -0.3 is 14.9 Å². The molecule has 3 aromatic heterocycles. The molecular formula is C25H25BrFN7O3. The van der Waals surface area contributed by atoms with Crippen LogP contribution in [0.25, 0.3) is 11.3 Å². The Labute approximate surface area is 220 Å². The minimum Gasteiger partial charge on any atom is -0.478 e. The number of hydrogen-bond donors (Lipinski definition) is 0. The zero-order chi connectivity index (χ0) is 26.3. The molecule has 4 aromatic rings. The number of ether oxygens (including phenoxy) is 1. The van der Waals surface area contributed by atoms with Crippen LogP contribution in [0, 0.1) is 28.8 Å². The van der Waals surface area contributed by atoms with Crippen LogP contribution in [-0.4, -0.2) is 34.7 Å². The molecule has 0 spiro atoms. The van der Waals surface area contributed by atoms with Gasteiger partial charge in [-0.15, -0.1) is 0 Å². The normalized spacial score (nSPS) is 14.1. The number of halogens is 2. The van der Waals surface area contributed by atoms with Crippen molar-refractivity contribution in [3.63, 3.8) is 0 Å². The molecule has 5 rings (SSSR count). The molecule has 0 radical (unpaired) electrons. The first-order valence-corrected chi connectivity index (χ1v) is 12.7. The third-order valence-electron chi connectivity index (χ3n) is 6.31. The maximum absolute atomic E-state index is 14.4. The van der Waals surface area contributed by atoms with E-state index in [0.29, 0.717) is 39.3 Å². The number of pyridine rings is 1. The van der Waals surface area contributed by atoms with E-state index < -0.39 is 22.7 Å². The summed E-state index contributed by atoms with van der Waals surface area (Å²) in [4.78, 5) is 16.2. The highest BCUT2D eigenvalue weighted by Gasteiger charge is 2.26. The van der Waals surface area contributed by atoms with Crippen LogP contribution in [0.2, 0.25) is 0 Å². The van der Waals surface area contributed by atoms with Gasteiger partial charge in [-0.3, -0.25) is 4.68 Å². The van der Waals surface area contributed by atoms with Crippen molar-refractivity contribution in [3.05, 3.63) is 79.6 Å². The fourth-order valence-electron chi connectivity index (χ4n) is 4.32. The lowest BCUT2D eigenvalue weighted by Crippen LogP contribution is -2.08. The standard InChI is InChI=1S/C25H25BrFN7O3/c1-14-17(13-33(29-14)12-16-4-5-16)8-22-24(31-32(3)30-22)20-7-6-19(27)10-21(20)15(2)37-23-9-18(26)11-28-25(23)34(35)36/h6-7,9-11,13,15-16H,4-5,8,12H2,1-3H3/t15-/m1/s1. The second kappa shape index (κ2) is 10.0. The van der Waals surface area contributed by atoms with Gasteiger partial charge in [0.15, 0.2) is 6.20 Å². The molecule has 12 heteroatoms. The molecule has 0 amide bonds. The molecule has 3 heterocycles. The molecule has 1 atom stereocenters. The van der Waals surface area contributed by atoms with Gasteiger partial charge >= 0.3 is 5.82 Å². The first-order chi connectivity index (χ1) is 17.7. The third-order valence-corrected chi connectivity index (χ3v) is 6.75. The SMILES string of the molecule is Cc1nn(CC2CC2)cc1Cc1nn(C)nc1-c1ccc(F)cc1[C@@H](C)Oc1cc(Br)cnc1[N+](=O)[O-]. The predicted octanol–water partition coefficient (Wildman–Crippen LogP) is 5.33. The molecule has 0 aliphatic heterocycles. The molecular weight excluding hydrogens is 545 g/mol. The highest BCUT2D eigenvalue weighted by molar-refractivity contribution is 9.10. The number of rotatable bonds is 9. The van der Waals surface area contributed by atoms with Gasteiger partial charge in [-0.1, -0.05) is 0 Å². The molecule has 1 fully saturated rings. The van der Waals surface area contributed by atoms with Crippen molar-refractivity contribution in [3.8, 4) is 17.0 Å². The highest BCUT2D eigenvalue weighted by atomic mass is 79.9. The zero-order valence-corrected chi connectivity index (χ0v) is 22.1. The van der Waals surface area contributed by atoms with E-state index in [4.69, 9.17) is 4.74 Å². The lowest BCUT2D eigenvalue weighted by molar-refractivity contribution is -0.390. The van der Waals surface area contributed by atoms with Gasteiger partial charge in [0.1, 0.15) is 17.6 Å². The Morgan fingerprint density at radius 2 is 2.05 bits per heavy atom. The number of hydrogen-bond acceptors (Lipinski definition) is 7. The van der Waals surface area contributed by atoms with E-state index in [9.17, 15) is 14.5 Å². The fourth-order valence-corrected chi connectivity index (χ4v) is 4.63. The van der Waals surface area contributed by atoms with Crippen LogP contribution < -0.4 is 4.74 Å². The first-order valence-electron chi connectivity index (χ1n) is 11.9. The van der Waals surface area contributed by atoms with Crippen LogP contribution in [0.15, 0.2) is 41.1 Å². The molecule has 1 aromatic carbocycles. The topological polar surface area (TPSA) is 114 Å². The van der Waals surface area contributed by atoms with Crippen molar-refractivity contribution < 1.29 is 14.1 Å².